The first-order chi connectivity index (χ1) is 3.71. The summed E-state index contributed by atoms with van der Waals surface area (Å²) in [7, 11) is -1.57. The molecule has 0 saturated heterocycles. The summed E-state index contributed by atoms with van der Waals surface area (Å²) >= 11 is 3.71. The Hall–Kier alpha value is 1.87. The molecule has 0 heterocycles. The van der Waals surface area contributed by atoms with Gasteiger partial charge in [-0.1, -0.05) is 0 Å². The third kappa shape index (κ3) is 9.87. The molecule has 0 unspecified atom stereocenters. The molecule has 0 amide bonds. The summed E-state index contributed by atoms with van der Waals surface area (Å²) in [6.45, 7) is 6.07. The Morgan fingerprint density at radius 1 is 1.33 bits per heavy atom. The van der Waals surface area contributed by atoms with Gasteiger partial charge in [-0.3, -0.25) is 4.57 Å². The Kier molecular flexibility index (Phi) is 4.24. The Morgan fingerprint density at radius 2 is 1.67 bits per heavy atom. The maximum Gasteiger partial charge on any atom is 0.306 e. The molecular formula is C3H9I2O2PSi. The SMILES string of the molecule is C[Si](C)(C)OP(=O)(I)I. The second kappa shape index (κ2) is 3.51. The van der Waals surface area contributed by atoms with Crippen LogP contribution in [0.2, 0.25) is 19.6 Å². The van der Waals surface area contributed by atoms with Crippen molar-refractivity contribution < 1.29 is 8.78 Å². The van der Waals surface area contributed by atoms with Crippen molar-refractivity contribution in [2.24, 2.45) is 0 Å². The first-order valence-electron chi connectivity index (χ1n) is 2.41. The van der Waals surface area contributed by atoms with E-state index in [0.717, 1.165) is 0 Å². The Labute approximate surface area is 82.7 Å². The van der Waals surface area contributed by atoms with E-state index in [-0.39, 0.29) is 0 Å². The lowest BCUT2D eigenvalue weighted by molar-refractivity contribution is 0.521. The second-order valence-corrected chi connectivity index (χ2v) is 21.6. The van der Waals surface area contributed by atoms with Crippen molar-refractivity contribution in [2.75, 3.05) is 0 Å². The van der Waals surface area contributed by atoms with Gasteiger partial charge < -0.3 is 4.21 Å². The van der Waals surface area contributed by atoms with E-state index in [1.165, 1.54) is 0 Å². The third-order valence-electron chi connectivity index (χ3n) is 0.380. The van der Waals surface area contributed by atoms with Crippen LogP contribution in [0, 0.1) is 0 Å². The van der Waals surface area contributed by atoms with Gasteiger partial charge in [0.15, 0.2) is 8.32 Å². The fraction of sp³-hybridized carbons (Fsp3) is 1.00. The molecule has 0 aliphatic carbocycles. The quantitative estimate of drug-likeness (QED) is 0.407. The highest BCUT2D eigenvalue weighted by Gasteiger charge is 2.24. The lowest BCUT2D eigenvalue weighted by Gasteiger charge is -2.17. The average molecular weight is 390 g/mol. The van der Waals surface area contributed by atoms with Gasteiger partial charge in [-0.15, -0.1) is 0 Å². The summed E-state index contributed by atoms with van der Waals surface area (Å²) in [6, 6.07) is 0. The van der Waals surface area contributed by atoms with Crippen LogP contribution in [-0.4, -0.2) is 8.32 Å². The van der Waals surface area contributed by atoms with Gasteiger partial charge in [0.25, 0.3) is 0 Å². The van der Waals surface area contributed by atoms with E-state index in [4.69, 9.17) is 4.21 Å². The molecule has 0 fully saturated rings. The minimum absolute atomic E-state index is 1.57. The highest BCUT2D eigenvalue weighted by Crippen LogP contribution is 2.65. The van der Waals surface area contributed by atoms with Crippen LogP contribution in [0.3, 0.4) is 0 Å². The highest BCUT2D eigenvalue weighted by molar-refractivity contribution is 14.3. The van der Waals surface area contributed by atoms with Gasteiger partial charge >= 0.3 is 2.65 Å². The van der Waals surface area contributed by atoms with Gasteiger partial charge in [-0.2, -0.15) is 0 Å². The predicted molar refractivity (Wildman–Crippen MR) is 60.1 cm³/mol. The molecule has 0 aliphatic heterocycles. The summed E-state index contributed by atoms with van der Waals surface area (Å²) in [5.74, 6) is 0. The van der Waals surface area contributed by atoms with Crippen LogP contribution >= 0.6 is 46.7 Å². The van der Waals surface area contributed by atoms with Crippen molar-refractivity contribution >= 4 is 55.1 Å². The van der Waals surface area contributed by atoms with Crippen LogP contribution in [0.4, 0.5) is 0 Å². The lowest BCUT2D eigenvalue weighted by Crippen LogP contribution is -2.21. The molecule has 0 rings (SSSR count). The first kappa shape index (κ1) is 10.9. The molecular weight excluding hydrogens is 381 g/mol. The van der Waals surface area contributed by atoms with Gasteiger partial charge in [-0.25, -0.2) is 0 Å². The van der Waals surface area contributed by atoms with Crippen LogP contribution in [0.5, 0.6) is 0 Å². The van der Waals surface area contributed by atoms with E-state index in [2.05, 4.69) is 0 Å². The van der Waals surface area contributed by atoms with Crippen LogP contribution in [0.25, 0.3) is 0 Å². The Balaban J connectivity index is 3.90. The van der Waals surface area contributed by atoms with Crippen LogP contribution < -0.4 is 0 Å². The maximum absolute atomic E-state index is 11.0. The first-order valence-corrected chi connectivity index (χ1v) is 13.0. The molecule has 0 aliphatic rings. The smallest absolute Gasteiger partial charge is 0.306 e. The monoisotopic (exact) mass is 390 g/mol. The molecule has 0 bridgehead atoms. The zero-order valence-corrected chi connectivity index (χ0v) is 11.7. The largest absolute Gasteiger partial charge is 0.357 e. The van der Waals surface area contributed by atoms with Crippen LogP contribution in [-0.2, 0) is 8.78 Å². The molecule has 0 saturated carbocycles. The standard InChI is InChI=1S/C3H9I2O2PSi/c1-9(2,3)7-8(4,5)6/h1-3H3. The van der Waals surface area contributed by atoms with Crippen molar-refractivity contribution in [3.8, 4) is 0 Å². The Bertz CT molecular complexity index is 137. The lowest BCUT2D eigenvalue weighted by atomic mass is 11.8. The molecule has 56 valence electrons. The minimum atomic E-state index is -2.29. The summed E-state index contributed by atoms with van der Waals surface area (Å²) < 4.78 is 14.0. The summed E-state index contributed by atoms with van der Waals surface area (Å²) in [4.78, 5) is 0. The minimum Gasteiger partial charge on any atom is -0.357 e. The second-order valence-electron chi connectivity index (χ2n) is 2.62. The maximum atomic E-state index is 11.0. The van der Waals surface area contributed by atoms with Gasteiger partial charge in [0.05, 0.1) is 0 Å². The van der Waals surface area contributed by atoms with Crippen LogP contribution in [0.15, 0.2) is 0 Å². The van der Waals surface area contributed by atoms with E-state index < -0.39 is 11.0 Å². The highest BCUT2D eigenvalue weighted by atomic mass is 127. The van der Waals surface area contributed by atoms with Crippen LogP contribution in [0.1, 0.15) is 0 Å². The number of hydrogen-bond donors (Lipinski definition) is 0. The van der Waals surface area contributed by atoms with E-state index >= 15 is 0 Å². The normalized spacial score (nSPS) is 13.9. The topological polar surface area (TPSA) is 26.3 Å². The van der Waals surface area contributed by atoms with Crippen molar-refractivity contribution in [1.29, 1.82) is 0 Å². The van der Waals surface area contributed by atoms with E-state index in [9.17, 15) is 4.57 Å². The van der Waals surface area contributed by atoms with Crippen molar-refractivity contribution in [1.82, 2.24) is 0 Å². The van der Waals surface area contributed by atoms with Gasteiger partial charge in [0.2, 0.25) is 0 Å². The molecule has 0 aromatic carbocycles. The van der Waals surface area contributed by atoms with Crippen molar-refractivity contribution in [3.63, 3.8) is 0 Å². The van der Waals surface area contributed by atoms with E-state index in [1.807, 2.05) is 63.7 Å². The molecule has 6 heteroatoms. The number of hydrogen-bond acceptors (Lipinski definition) is 2. The fourth-order valence-electron chi connectivity index (χ4n) is 0.319. The van der Waals surface area contributed by atoms with Crippen molar-refractivity contribution in [3.05, 3.63) is 0 Å². The third-order valence-corrected chi connectivity index (χ3v) is 6.97. The fourth-order valence-corrected chi connectivity index (χ4v) is 13.5. The zero-order chi connectivity index (χ0) is 7.71. The molecule has 9 heavy (non-hydrogen) atoms. The van der Waals surface area contributed by atoms with Crippen molar-refractivity contribution in [2.45, 2.75) is 19.6 Å². The molecule has 0 radical (unpaired) electrons. The summed E-state index contributed by atoms with van der Waals surface area (Å²) in [5.41, 5.74) is 0. The molecule has 2 nitrogen and oxygen atoms in total. The molecule has 0 N–H and O–H groups in total. The summed E-state index contributed by atoms with van der Waals surface area (Å²) in [5, 5.41) is 0. The molecule has 0 spiro atoms. The molecule has 0 aromatic rings. The Morgan fingerprint density at radius 3 is 1.67 bits per heavy atom. The van der Waals surface area contributed by atoms with E-state index in [1.54, 1.807) is 0 Å². The number of rotatable bonds is 2. The zero-order valence-electron chi connectivity index (χ0n) is 5.52. The summed E-state index contributed by atoms with van der Waals surface area (Å²) in [6.07, 6.45) is 0. The van der Waals surface area contributed by atoms with E-state index in [0.29, 0.717) is 0 Å². The average Bonchev–Trinajstić information content (AvgIpc) is 1.14. The predicted octanol–water partition coefficient (Wildman–Crippen LogP) is 3.82. The molecule has 0 aromatic heterocycles. The number of halogens is 2. The van der Waals surface area contributed by atoms with Gasteiger partial charge in [-0.05, 0) is 19.6 Å². The van der Waals surface area contributed by atoms with Gasteiger partial charge in [0.1, 0.15) is 0 Å². The molecule has 0 atom stereocenters. The van der Waals surface area contributed by atoms with Gasteiger partial charge in [0, 0.05) is 44.1 Å².